The molecule has 0 fully saturated rings. The number of aromatic nitrogens is 1. The Hall–Kier alpha value is -1.17. The molecule has 5 nitrogen and oxygen atoms in total. The van der Waals surface area contributed by atoms with E-state index in [1.165, 1.54) is 0 Å². The first-order valence-corrected chi connectivity index (χ1v) is 5.97. The van der Waals surface area contributed by atoms with Crippen LogP contribution in [0.1, 0.15) is 25.0 Å². The number of nitrogens with zero attached hydrogens (tertiary/aromatic N) is 2. The Morgan fingerprint density at radius 3 is 2.94 bits per heavy atom. The molecule has 0 aliphatic heterocycles. The van der Waals surface area contributed by atoms with Gasteiger partial charge in [-0.15, -0.1) is 0 Å². The zero-order valence-electron chi connectivity index (χ0n) is 10.4. The summed E-state index contributed by atoms with van der Waals surface area (Å²) in [5.74, 6) is 5.35. The van der Waals surface area contributed by atoms with Gasteiger partial charge in [-0.1, -0.05) is 0 Å². The Balaban J connectivity index is 2.31. The van der Waals surface area contributed by atoms with Crippen molar-refractivity contribution in [2.24, 2.45) is 5.84 Å². The summed E-state index contributed by atoms with van der Waals surface area (Å²) in [6.07, 6.45) is 4.81. The van der Waals surface area contributed by atoms with Crippen LogP contribution in [0.4, 0.5) is 5.69 Å². The van der Waals surface area contributed by atoms with Crippen molar-refractivity contribution < 1.29 is 5.11 Å². The molecule has 0 unspecified atom stereocenters. The molecule has 0 aromatic carbocycles. The lowest BCUT2D eigenvalue weighted by Crippen LogP contribution is -2.20. The van der Waals surface area contributed by atoms with Gasteiger partial charge in [-0.25, -0.2) is 0 Å². The predicted molar refractivity (Wildman–Crippen MR) is 69.3 cm³/mol. The van der Waals surface area contributed by atoms with Crippen molar-refractivity contribution in [2.75, 3.05) is 25.6 Å². The van der Waals surface area contributed by atoms with Crippen molar-refractivity contribution in [3.63, 3.8) is 0 Å². The lowest BCUT2D eigenvalue weighted by atomic mass is 10.2. The van der Waals surface area contributed by atoms with Crippen LogP contribution in [-0.4, -0.2) is 35.2 Å². The molecule has 17 heavy (non-hydrogen) atoms. The van der Waals surface area contributed by atoms with E-state index in [-0.39, 0.29) is 6.61 Å². The number of aliphatic hydroxyl groups excluding tert-OH is 1. The molecule has 0 aliphatic carbocycles. The minimum Gasteiger partial charge on any atom is -0.396 e. The molecule has 0 amide bonds. The third-order valence-electron chi connectivity index (χ3n) is 2.61. The van der Waals surface area contributed by atoms with Crippen LogP contribution in [0.25, 0.3) is 0 Å². The fourth-order valence-corrected chi connectivity index (χ4v) is 1.68. The Morgan fingerprint density at radius 1 is 1.41 bits per heavy atom. The molecule has 0 aliphatic rings. The summed E-state index contributed by atoms with van der Waals surface area (Å²) in [4.78, 5) is 6.52. The number of pyridine rings is 1. The summed E-state index contributed by atoms with van der Waals surface area (Å²) in [5.41, 5.74) is 4.50. The molecule has 0 radical (unpaired) electrons. The largest absolute Gasteiger partial charge is 0.396 e. The number of nitrogens with one attached hydrogen (secondary N) is 1. The summed E-state index contributed by atoms with van der Waals surface area (Å²) >= 11 is 0. The van der Waals surface area contributed by atoms with Crippen molar-refractivity contribution in [1.29, 1.82) is 0 Å². The molecule has 1 aromatic rings. The first-order valence-electron chi connectivity index (χ1n) is 5.97. The van der Waals surface area contributed by atoms with Gasteiger partial charge in [0.25, 0.3) is 0 Å². The van der Waals surface area contributed by atoms with Gasteiger partial charge in [0.05, 0.1) is 11.4 Å². The van der Waals surface area contributed by atoms with E-state index in [9.17, 15) is 0 Å². The summed E-state index contributed by atoms with van der Waals surface area (Å²) < 4.78 is 0. The standard InChI is InChI=1S/C12H22N4O/c1-16(7-3-2-4-8-17)10-12-9-11(15-13)5-6-14-12/h5-6,9,17H,2-4,7-8,10,13H2,1H3,(H,14,15). The van der Waals surface area contributed by atoms with Crippen LogP contribution in [0.15, 0.2) is 18.3 Å². The fraction of sp³-hybridized carbons (Fsp3) is 0.583. The van der Waals surface area contributed by atoms with Crippen LogP contribution in [0, 0.1) is 0 Å². The van der Waals surface area contributed by atoms with Crippen molar-refractivity contribution in [3.8, 4) is 0 Å². The van der Waals surface area contributed by atoms with Gasteiger partial charge < -0.3 is 15.4 Å². The van der Waals surface area contributed by atoms with E-state index in [4.69, 9.17) is 10.9 Å². The molecule has 0 saturated carbocycles. The van der Waals surface area contributed by atoms with Crippen LogP contribution in [0.3, 0.4) is 0 Å². The molecule has 1 rings (SSSR count). The smallest absolute Gasteiger partial charge is 0.0564 e. The van der Waals surface area contributed by atoms with E-state index >= 15 is 0 Å². The highest BCUT2D eigenvalue weighted by atomic mass is 16.2. The van der Waals surface area contributed by atoms with Crippen molar-refractivity contribution >= 4 is 5.69 Å². The maximum atomic E-state index is 8.68. The highest BCUT2D eigenvalue weighted by Crippen LogP contribution is 2.08. The molecule has 0 bridgehead atoms. The molecule has 1 heterocycles. The third-order valence-corrected chi connectivity index (χ3v) is 2.61. The van der Waals surface area contributed by atoms with Gasteiger partial charge in [-0.05, 0) is 45.0 Å². The Bertz CT molecular complexity index is 319. The molecule has 0 saturated heterocycles. The fourth-order valence-electron chi connectivity index (χ4n) is 1.68. The van der Waals surface area contributed by atoms with E-state index in [2.05, 4.69) is 22.4 Å². The first kappa shape index (κ1) is 13.9. The van der Waals surface area contributed by atoms with Gasteiger partial charge in [-0.2, -0.15) is 0 Å². The van der Waals surface area contributed by atoms with E-state index in [1.807, 2.05) is 12.1 Å². The zero-order chi connectivity index (χ0) is 12.5. The van der Waals surface area contributed by atoms with Crippen molar-refractivity contribution in [3.05, 3.63) is 24.0 Å². The maximum Gasteiger partial charge on any atom is 0.0564 e. The van der Waals surface area contributed by atoms with Crippen LogP contribution in [-0.2, 0) is 6.54 Å². The summed E-state index contributed by atoms with van der Waals surface area (Å²) in [5, 5.41) is 8.68. The van der Waals surface area contributed by atoms with Gasteiger partial charge in [-0.3, -0.25) is 10.8 Å². The number of unbranched alkanes of at least 4 members (excludes halogenated alkanes) is 2. The maximum absolute atomic E-state index is 8.68. The second kappa shape index (κ2) is 8.00. The average Bonchev–Trinajstić information content (AvgIpc) is 2.35. The Labute approximate surface area is 103 Å². The van der Waals surface area contributed by atoms with Gasteiger partial charge in [0.2, 0.25) is 0 Å². The number of hydrogen-bond donors (Lipinski definition) is 3. The number of aliphatic hydroxyl groups is 1. The lowest BCUT2D eigenvalue weighted by molar-refractivity contribution is 0.270. The molecule has 1 aromatic heterocycles. The highest BCUT2D eigenvalue weighted by molar-refractivity contribution is 5.41. The molecule has 5 heteroatoms. The van der Waals surface area contributed by atoms with E-state index < -0.39 is 0 Å². The van der Waals surface area contributed by atoms with Gasteiger partial charge in [0.1, 0.15) is 0 Å². The highest BCUT2D eigenvalue weighted by Gasteiger charge is 2.02. The minimum atomic E-state index is 0.287. The molecule has 96 valence electrons. The van der Waals surface area contributed by atoms with Crippen molar-refractivity contribution in [1.82, 2.24) is 9.88 Å². The first-order chi connectivity index (χ1) is 8.26. The van der Waals surface area contributed by atoms with Gasteiger partial charge >= 0.3 is 0 Å². The van der Waals surface area contributed by atoms with E-state index in [1.54, 1.807) is 6.20 Å². The molecular formula is C12H22N4O. The number of anilines is 1. The number of nitrogen functional groups attached to an aromatic ring is 1. The van der Waals surface area contributed by atoms with Crippen LogP contribution in [0.2, 0.25) is 0 Å². The molecule has 0 atom stereocenters. The third kappa shape index (κ3) is 5.63. The molecule has 0 spiro atoms. The van der Waals surface area contributed by atoms with E-state index in [0.717, 1.165) is 43.7 Å². The SMILES string of the molecule is CN(CCCCCO)Cc1cc(NN)ccn1. The second-order valence-electron chi connectivity index (χ2n) is 4.20. The van der Waals surface area contributed by atoms with Gasteiger partial charge in [0, 0.05) is 19.3 Å². The average molecular weight is 238 g/mol. The summed E-state index contributed by atoms with van der Waals surface area (Å²) in [6.45, 7) is 2.12. The lowest BCUT2D eigenvalue weighted by Gasteiger charge is -2.16. The Morgan fingerprint density at radius 2 is 2.24 bits per heavy atom. The van der Waals surface area contributed by atoms with Crippen LogP contribution < -0.4 is 11.3 Å². The molecule has 4 N–H and O–H groups in total. The van der Waals surface area contributed by atoms with Gasteiger partial charge in [0.15, 0.2) is 0 Å². The van der Waals surface area contributed by atoms with E-state index in [0.29, 0.717) is 0 Å². The van der Waals surface area contributed by atoms with Crippen LogP contribution >= 0.6 is 0 Å². The normalized spacial score (nSPS) is 10.8. The monoisotopic (exact) mass is 238 g/mol. The summed E-state index contributed by atoms with van der Waals surface area (Å²) in [6, 6.07) is 3.79. The van der Waals surface area contributed by atoms with Crippen molar-refractivity contribution in [2.45, 2.75) is 25.8 Å². The minimum absolute atomic E-state index is 0.287. The quantitative estimate of drug-likeness (QED) is 0.357. The zero-order valence-corrected chi connectivity index (χ0v) is 10.4. The summed E-state index contributed by atoms with van der Waals surface area (Å²) in [7, 11) is 2.07. The second-order valence-corrected chi connectivity index (χ2v) is 4.20. The molecular weight excluding hydrogens is 216 g/mol. The number of hydrogen-bond acceptors (Lipinski definition) is 5. The number of rotatable bonds is 8. The number of nitrogens with two attached hydrogens (primary N) is 1. The van der Waals surface area contributed by atoms with Crippen LogP contribution in [0.5, 0.6) is 0 Å². The topological polar surface area (TPSA) is 74.4 Å². The Kier molecular flexibility index (Phi) is 6.54. The number of hydrazine groups is 1. The predicted octanol–water partition coefficient (Wildman–Crippen LogP) is 0.962.